The van der Waals surface area contributed by atoms with Crippen LogP contribution in [0.3, 0.4) is 0 Å². The molecule has 2 aromatic heterocycles. The predicted octanol–water partition coefficient (Wildman–Crippen LogP) is 4.91. The third-order valence-electron chi connectivity index (χ3n) is 4.03. The van der Waals surface area contributed by atoms with E-state index >= 15 is 0 Å². The molecule has 1 aliphatic heterocycles. The molecule has 1 saturated heterocycles. The van der Waals surface area contributed by atoms with Crippen LogP contribution in [0.25, 0.3) is 11.6 Å². The maximum Gasteiger partial charge on any atom is 0.196 e. The minimum atomic E-state index is 0.370. The van der Waals surface area contributed by atoms with Gasteiger partial charge >= 0.3 is 0 Å². The van der Waals surface area contributed by atoms with E-state index in [0.717, 1.165) is 29.7 Å². The maximum absolute atomic E-state index is 9.44. The van der Waals surface area contributed by atoms with E-state index < -0.39 is 0 Å². The summed E-state index contributed by atoms with van der Waals surface area (Å²) in [7, 11) is 0. The average molecular weight is 327 g/mol. The smallest absolute Gasteiger partial charge is 0.196 e. The molecular weight excluding hydrogens is 306 g/mol. The Bertz CT molecular complexity index is 730. The molecule has 0 aliphatic carbocycles. The van der Waals surface area contributed by atoms with Gasteiger partial charge in [-0.3, -0.25) is 0 Å². The zero-order valence-corrected chi connectivity index (χ0v) is 14.4. The third-order valence-corrected chi connectivity index (χ3v) is 4.93. The lowest BCUT2D eigenvalue weighted by atomic mass is 10.1. The maximum atomic E-state index is 9.44. The molecular formula is C18H21N3OS. The third kappa shape index (κ3) is 3.65. The van der Waals surface area contributed by atoms with Gasteiger partial charge < -0.3 is 9.32 Å². The zero-order valence-electron chi connectivity index (χ0n) is 13.6. The van der Waals surface area contributed by atoms with Crippen molar-refractivity contribution >= 4 is 28.9 Å². The summed E-state index contributed by atoms with van der Waals surface area (Å²) in [6.45, 7) is 6.30. The first-order valence-corrected chi connectivity index (χ1v) is 8.97. The topological polar surface area (TPSA) is 53.1 Å². The van der Waals surface area contributed by atoms with Gasteiger partial charge in [-0.15, -0.1) is 11.3 Å². The van der Waals surface area contributed by atoms with E-state index in [1.54, 1.807) is 6.08 Å². The van der Waals surface area contributed by atoms with Crippen LogP contribution >= 0.6 is 11.3 Å². The molecule has 5 heteroatoms. The summed E-state index contributed by atoms with van der Waals surface area (Å²) in [5.41, 5.74) is 1.58. The van der Waals surface area contributed by atoms with Crippen molar-refractivity contribution in [2.45, 2.75) is 39.0 Å². The van der Waals surface area contributed by atoms with Crippen LogP contribution in [0.2, 0.25) is 0 Å². The minimum absolute atomic E-state index is 0.370. The summed E-state index contributed by atoms with van der Waals surface area (Å²) < 4.78 is 5.91. The largest absolute Gasteiger partial charge is 0.441 e. The van der Waals surface area contributed by atoms with Gasteiger partial charge in [-0.25, -0.2) is 4.98 Å². The number of nitrogens with zero attached hydrogens (tertiary/aromatic N) is 3. The highest BCUT2D eigenvalue weighted by atomic mass is 32.1. The summed E-state index contributed by atoms with van der Waals surface area (Å²) in [6.07, 6.45) is 5.51. The van der Waals surface area contributed by atoms with Gasteiger partial charge in [-0.05, 0) is 31.2 Å². The predicted molar refractivity (Wildman–Crippen MR) is 94.5 cm³/mol. The van der Waals surface area contributed by atoms with Gasteiger partial charge in [0.2, 0.25) is 0 Å². The van der Waals surface area contributed by atoms with Gasteiger partial charge in [0.05, 0.1) is 11.3 Å². The number of hydrogen-bond acceptors (Lipinski definition) is 5. The van der Waals surface area contributed by atoms with Crippen molar-refractivity contribution in [2.75, 3.05) is 18.0 Å². The first kappa shape index (κ1) is 15.8. The number of piperidine rings is 1. The van der Waals surface area contributed by atoms with Crippen molar-refractivity contribution in [1.29, 1.82) is 5.26 Å². The fraction of sp³-hybridized carbons (Fsp3) is 0.444. The van der Waals surface area contributed by atoms with E-state index in [9.17, 15) is 5.26 Å². The highest BCUT2D eigenvalue weighted by Gasteiger charge is 2.15. The fourth-order valence-electron chi connectivity index (χ4n) is 2.66. The monoisotopic (exact) mass is 327 g/mol. The van der Waals surface area contributed by atoms with Crippen molar-refractivity contribution in [3.63, 3.8) is 0 Å². The first-order valence-electron chi connectivity index (χ1n) is 8.10. The Kier molecular flexibility index (Phi) is 4.82. The summed E-state index contributed by atoms with van der Waals surface area (Å²) in [4.78, 5) is 6.82. The number of rotatable bonds is 4. The quantitative estimate of drug-likeness (QED) is 0.748. The van der Waals surface area contributed by atoms with E-state index in [-0.39, 0.29) is 0 Å². The molecule has 0 radical (unpaired) electrons. The van der Waals surface area contributed by atoms with Gasteiger partial charge in [0, 0.05) is 30.6 Å². The SMILES string of the molecule is CC(C)c1csc(C(C#N)=Cc2ccc(N3CCCCC3)o2)n1. The van der Waals surface area contributed by atoms with Crippen molar-refractivity contribution < 1.29 is 4.42 Å². The van der Waals surface area contributed by atoms with Crippen LogP contribution < -0.4 is 4.90 Å². The van der Waals surface area contributed by atoms with Gasteiger partial charge in [-0.2, -0.15) is 5.26 Å². The van der Waals surface area contributed by atoms with Crippen LogP contribution in [-0.4, -0.2) is 18.1 Å². The van der Waals surface area contributed by atoms with Crippen LogP contribution in [-0.2, 0) is 0 Å². The molecule has 23 heavy (non-hydrogen) atoms. The second-order valence-corrected chi connectivity index (χ2v) is 6.98. The van der Waals surface area contributed by atoms with Crippen LogP contribution in [0, 0.1) is 11.3 Å². The molecule has 0 saturated carbocycles. The second kappa shape index (κ2) is 7.01. The Morgan fingerprint density at radius 2 is 2.13 bits per heavy atom. The number of anilines is 1. The molecule has 3 heterocycles. The Morgan fingerprint density at radius 1 is 1.35 bits per heavy atom. The normalized spacial score (nSPS) is 15.9. The van der Waals surface area contributed by atoms with Gasteiger partial charge in [0.15, 0.2) is 5.88 Å². The van der Waals surface area contributed by atoms with E-state index in [2.05, 4.69) is 29.8 Å². The van der Waals surface area contributed by atoms with Crippen LogP contribution in [0.5, 0.6) is 0 Å². The Hall–Kier alpha value is -2.06. The zero-order chi connectivity index (χ0) is 16.2. The number of aromatic nitrogens is 1. The highest BCUT2D eigenvalue weighted by molar-refractivity contribution is 7.11. The van der Waals surface area contributed by atoms with Crippen molar-refractivity contribution in [3.05, 3.63) is 34.0 Å². The number of furan rings is 1. The molecule has 2 aromatic rings. The molecule has 0 aromatic carbocycles. The highest BCUT2D eigenvalue weighted by Crippen LogP contribution is 2.27. The van der Waals surface area contributed by atoms with E-state index in [4.69, 9.17) is 4.42 Å². The molecule has 0 spiro atoms. The number of hydrogen-bond donors (Lipinski definition) is 0. The number of nitriles is 1. The Labute approximate surface area is 141 Å². The second-order valence-electron chi connectivity index (χ2n) is 6.13. The fourth-order valence-corrected chi connectivity index (χ4v) is 3.61. The van der Waals surface area contributed by atoms with Crippen molar-refractivity contribution in [1.82, 2.24) is 4.98 Å². The average Bonchev–Trinajstić information content (AvgIpc) is 3.23. The minimum Gasteiger partial charge on any atom is -0.441 e. The van der Waals surface area contributed by atoms with Crippen molar-refractivity contribution in [3.8, 4) is 6.07 Å². The molecule has 120 valence electrons. The van der Waals surface area contributed by atoms with Crippen LogP contribution in [0.1, 0.15) is 55.5 Å². The summed E-state index contributed by atoms with van der Waals surface area (Å²) in [6, 6.07) is 6.17. The molecule has 0 atom stereocenters. The standard InChI is InChI=1S/C18H21N3OS/c1-13(2)16-12-23-18(20-16)14(11-19)10-15-6-7-17(22-15)21-8-4-3-5-9-21/h6-7,10,12-13H,3-5,8-9H2,1-2H3. The molecule has 0 unspecified atom stereocenters. The Balaban J connectivity index is 1.81. The summed E-state index contributed by atoms with van der Waals surface area (Å²) >= 11 is 1.51. The molecule has 0 bridgehead atoms. The van der Waals surface area contributed by atoms with E-state index in [1.165, 1.54) is 30.6 Å². The van der Waals surface area contributed by atoms with E-state index in [1.807, 2.05) is 17.5 Å². The van der Waals surface area contributed by atoms with Crippen LogP contribution in [0.15, 0.2) is 21.9 Å². The summed E-state index contributed by atoms with van der Waals surface area (Å²) in [5.74, 6) is 1.98. The van der Waals surface area contributed by atoms with E-state index in [0.29, 0.717) is 17.3 Å². The molecule has 4 nitrogen and oxygen atoms in total. The first-order chi connectivity index (χ1) is 11.2. The summed E-state index contributed by atoms with van der Waals surface area (Å²) in [5, 5.41) is 12.2. The van der Waals surface area contributed by atoms with Crippen molar-refractivity contribution in [2.24, 2.45) is 0 Å². The van der Waals surface area contributed by atoms with Gasteiger partial charge in [-0.1, -0.05) is 13.8 Å². The molecule has 3 rings (SSSR count). The number of allylic oxidation sites excluding steroid dienone is 1. The molecule has 0 amide bonds. The lowest BCUT2D eigenvalue weighted by Gasteiger charge is -2.25. The lowest BCUT2D eigenvalue weighted by molar-refractivity contribution is 0.496. The van der Waals surface area contributed by atoms with Gasteiger partial charge in [0.25, 0.3) is 0 Å². The Morgan fingerprint density at radius 3 is 2.78 bits per heavy atom. The molecule has 1 fully saturated rings. The lowest BCUT2D eigenvalue weighted by Crippen LogP contribution is -2.28. The molecule has 1 aliphatic rings. The van der Waals surface area contributed by atoms with Crippen LogP contribution in [0.4, 0.5) is 5.88 Å². The van der Waals surface area contributed by atoms with Gasteiger partial charge in [0.1, 0.15) is 16.8 Å². The number of thiazole rings is 1. The molecule has 0 N–H and O–H groups in total.